The van der Waals surface area contributed by atoms with E-state index < -0.39 is 0 Å². The molecule has 1 N–H and O–H groups in total. The zero-order chi connectivity index (χ0) is 19.8. The molecule has 5 rings (SSSR count). The zero-order valence-electron chi connectivity index (χ0n) is 16.7. The molecule has 2 atom stereocenters. The second-order valence-electron chi connectivity index (χ2n) is 8.16. The summed E-state index contributed by atoms with van der Waals surface area (Å²) in [5, 5.41) is 4.30. The summed E-state index contributed by atoms with van der Waals surface area (Å²) in [6.07, 6.45) is 11.7. The van der Waals surface area contributed by atoms with Gasteiger partial charge in [0.1, 0.15) is 0 Å². The number of benzene rings is 1. The molecule has 1 saturated carbocycles. The highest BCUT2D eigenvalue weighted by atomic mass is 32.1. The first-order valence-corrected chi connectivity index (χ1v) is 10.9. The molecule has 2 aliphatic rings. The van der Waals surface area contributed by atoms with Crippen LogP contribution < -0.4 is 10.2 Å². The smallest absolute Gasteiger partial charge is 0.174 e. The zero-order valence-corrected chi connectivity index (χ0v) is 17.5. The van der Waals surface area contributed by atoms with Crippen LogP contribution in [0.3, 0.4) is 0 Å². The number of nitrogens with zero attached hydrogens (tertiary/aromatic N) is 3. The van der Waals surface area contributed by atoms with Gasteiger partial charge in [0.2, 0.25) is 0 Å². The quantitative estimate of drug-likeness (QED) is 0.586. The fourth-order valence-electron chi connectivity index (χ4n) is 4.71. The first-order chi connectivity index (χ1) is 14.2. The average Bonchev–Trinajstić information content (AvgIpc) is 3.49. The van der Waals surface area contributed by atoms with Gasteiger partial charge in [-0.25, -0.2) is 0 Å². The maximum absolute atomic E-state index is 5.80. The maximum Gasteiger partial charge on any atom is 0.174 e. The molecule has 3 heterocycles. The first-order valence-electron chi connectivity index (χ1n) is 10.5. The van der Waals surface area contributed by atoms with Gasteiger partial charge in [-0.2, -0.15) is 0 Å². The lowest BCUT2D eigenvalue weighted by molar-refractivity contribution is 0.515. The molecule has 2 fully saturated rings. The van der Waals surface area contributed by atoms with E-state index in [0.717, 1.165) is 16.5 Å². The number of anilines is 1. The number of hydrogen-bond donors (Lipinski definition) is 1. The Labute approximate surface area is 177 Å². The van der Waals surface area contributed by atoms with Gasteiger partial charge < -0.3 is 14.8 Å². The molecule has 4 nitrogen and oxygen atoms in total. The second-order valence-corrected chi connectivity index (χ2v) is 8.55. The molecule has 0 radical (unpaired) electrons. The average molecular weight is 403 g/mol. The standard InChI is InChI=1S/C24H26N4S/c1-17-9-11-20(12-10-17)28-23(18-13-15-27(16-18)19-6-2-3-7-19)22(26-24(28)29)21-8-4-5-14-25-21/h4-5,8-16,19,22-23H,2-3,6-7H2,1H3,(H,26,29)/t22-,23+/m0/s1. The monoisotopic (exact) mass is 402 g/mol. The van der Waals surface area contributed by atoms with Crippen LogP contribution in [-0.4, -0.2) is 14.7 Å². The van der Waals surface area contributed by atoms with E-state index in [4.69, 9.17) is 12.2 Å². The molecule has 1 saturated heterocycles. The van der Waals surface area contributed by atoms with E-state index in [0.29, 0.717) is 6.04 Å². The van der Waals surface area contributed by atoms with Crippen molar-refractivity contribution in [1.82, 2.24) is 14.9 Å². The van der Waals surface area contributed by atoms with Crippen LogP contribution in [0.5, 0.6) is 0 Å². The molecular formula is C24H26N4S. The maximum atomic E-state index is 5.80. The highest BCUT2D eigenvalue weighted by molar-refractivity contribution is 7.80. The van der Waals surface area contributed by atoms with Crippen molar-refractivity contribution in [2.75, 3.05) is 4.90 Å². The molecule has 5 heteroatoms. The lowest BCUT2D eigenvalue weighted by Crippen LogP contribution is -2.29. The molecular weight excluding hydrogens is 376 g/mol. The summed E-state index contributed by atoms with van der Waals surface area (Å²) >= 11 is 5.80. The molecule has 2 aromatic heterocycles. The first kappa shape index (κ1) is 18.4. The van der Waals surface area contributed by atoms with E-state index in [9.17, 15) is 0 Å². The largest absolute Gasteiger partial charge is 0.351 e. The van der Waals surface area contributed by atoms with Gasteiger partial charge in [0, 0.05) is 30.3 Å². The lowest BCUT2D eigenvalue weighted by Gasteiger charge is -2.27. The van der Waals surface area contributed by atoms with Gasteiger partial charge in [-0.15, -0.1) is 0 Å². The summed E-state index contributed by atoms with van der Waals surface area (Å²) in [5.41, 5.74) is 4.66. The normalized spacial score (nSPS) is 22.2. The molecule has 1 aliphatic heterocycles. The van der Waals surface area contributed by atoms with Gasteiger partial charge in [0.15, 0.2) is 5.11 Å². The fourth-order valence-corrected chi connectivity index (χ4v) is 5.06. The number of rotatable bonds is 4. The third-order valence-corrected chi connectivity index (χ3v) is 6.55. The lowest BCUT2D eigenvalue weighted by atomic mass is 9.98. The van der Waals surface area contributed by atoms with Crippen LogP contribution in [0.25, 0.3) is 0 Å². The van der Waals surface area contributed by atoms with E-state index in [1.165, 1.54) is 36.8 Å². The van der Waals surface area contributed by atoms with Crippen molar-refractivity contribution in [2.45, 2.75) is 50.7 Å². The van der Waals surface area contributed by atoms with E-state index in [-0.39, 0.29) is 12.1 Å². The van der Waals surface area contributed by atoms with E-state index >= 15 is 0 Å². The second kappa shape index (κ2) is 7.64. The van der Waals surface area contributed by atoms with Crippen LogP contribution in [0.15, 0.2) is 67.1 Å². The summed E-state index contributed by atoms with van der Waals surface area (Å²) in [4.78, 5) is 6.89. The minimum Gasteiger partial charge on any atom is -0.351 e. The Morgan fingerprint density at radius 3 is 2.55 bits per heavy atom. The van der Waals surface area contributed by atoms with Gasteiger partial charge in [0.25, 0.3) is 0 Å². The molecule has 29 heavy (non-hydrogen) atoms. The number of nitrogens with one attached hydrogen (secondary N) is 1. The number of aryl methyl sites for hydroxylation is 1. The summed E-state index contributed by atoms with van der Waals surface area (Å²) < 4.78 is 2.41. The molecule has 1 aliphatic carbocycles. The van der Waals surface area contributed by atoms with Crippen molar-refractivity contribution in [3.63, 3.8) is 0 Å². The number of hydrogen-bond acceptors (Lipinski definition) is 2. The SMILES string of the molecule is Cc1ccc(N2C(=S)N[C@@H](c3ccccn3)[C@H]2c2ccn(C3CCCC3)c2)cc1. The Morgan fingerprint density at radius 1 is 1.03 bits per heavy atom. The Bertz CT molecular complexity index is 989. The summed E-state index contributed by atoms with van der Waals surface area (Å²) in [6, 6.07) is 17.7. The van der Waals surface area contributed by atoms with Crippen LogP contribution in [-0.2, 0) is 0 Å². The van der Waals surface area contributed by atoms with Crippen LogP contribution in [0.4, 0.5) is 5.69 Å². The van der Waals surface area contributed by atoms with Gasteiger partial charge in [0.05, 0.1) is 17.8 Å². The Hall–Kier alpha value is -2.66. The van der Waals surface area contributed by atoms with Crippen molar-refractivity contribution in [3.05, 3.63) is 83.9 Å². The van der Waals surface area contributed by atoms with Crippen molar-refractivity contribution in [2.24, 2.45) is 0 Å². The van der Waals surface area contributed by atoms with Crippen molar-refractivity contribution >= 4 is 23.0 Å². The van der Waals surface area contributed by atoms with Gasteiger partial charge in [-0.05, 0) is 67.9 Å². The highest BCUT2D eigenvalue weighted by Gasteiger charge is 2.41. The highest BCUT2D eigenvalue weighted by Crippen LogP contribution is 2.42. The minimum absolute atomic E-state index is 0.0180. The topological polar surface area (TPSA) is 33.1 Å². The Balaban J connectivity index is 1.56. The van der Waals surface area contributed by atoms with Crippen LogP contribution in [0.1, 0.15) is 60.6 Å². The molecule has 148 valence electrons. The van der Waals surface area contributed by atoms with Crippen LogP contribution in [0, 0.1) is 6.92 Å². The van der Waals surface area contributed by atoms with Crippen molar-refractivity contribution in [3.8, 4) is 0 Å². The van der Waals surface area contributed by atoms with Crippen LogP contribution >= 0.6 is 12.2 Å². The number of thiocarbonyl (C=S) groups is 1. The summed E-state index contributed by atoms with van der Waals surface area (Å²) in [5.74, 6) is 0. The third kappa shape index (κ3) is 3.44. The number of pyridine rings is 1. The summed E-state index contributed by atoms with van der Waals surface area (Å²) in [6.45, 7) is 2.11. The molecule has 1 aromatic carbocycles. The minimum atomic E-state index is 0.0180. The number of aromatic nitrogens is 2. The molecule has 0 amide bonds. The molecule has 0 spiro atoms. The molecule has 0 bridgehead atoms. The van der Waals surface area contributed by atoms with Crippen molar-refractivity contribution < 1.29 is 0 Å². The van der Waals surface area contributed by atoms with E-state index in [2.05, 4.69) is 75.5 Å². The van der Waals surface area contributed by atoms with Crippen LogP contribution in [0.2, 0.25) is 0 Å². The Kier molecular flexibility index (Phi) is 4.84. The fraction of sp³-hybridized carbons (Fsp3) is 0.333. The molecule has 3 aromatic rings. The molecule has 0 unspecified atom stereocenters. The van der Waals surface area contributed by atoms with E-state index in [1.807, 2.05) is 18.3 Å². The Morgan fingerprint density at radius 2 is 1.83 bits per heavy atom. The summed E-state index contributed by atoms with van der Waals surface area (Å²) in [7, 11) is 0. The third-order valence-electron chi connectivity index (χ3n) is 6.24. The predicted octanol–water partition coefficient (Wildman–Crippen LogP) is 5.48. The van der Waals surface area contributed by atoms with Gasteiger partial charge in [-0.3, -0.25) is 4.98 Å². The van der Waals surface area contributed by atoms with E-state index in [1.54, 1.807) is 0 Å². The predicted molar refractivity (Wildman–Crippen MR) is 121 cm³/mol. The van der Waals surface area contributed by atoms with Crippen molar-refractivity contribution in [1.29, 1.82) is 0 Å². The van der Waals surface area contributed by atoms with Gasteiger partial charge >= 0.3 is 0 Å². The van der Waals surface area contributed by atoms with Gasteiger partial charge in [-0.1, -0.05) is 36.6 Å².